The third-order valence-corrected chi connectivity index (χ3v) is 1.33. The topological polar surface area (TPSA) is 29.4 Å². The Balaban J connectivity index is 2.63. The molecule has 0 amide bonds. The summed E-state index contributed by atoms with van der Waals surface area (Å²) in [5, 5.41) is 0. The maximum Gasteiger partial charge on any atom is 0.160 e. The van der Waals surface area contributed by atoms with Crippen LogP contribution in [0.25, 0.3) is 0 Å². The lowest BCUT2D eigenvalue weighted by Gasteiger charge is -1.94. The lowest BCUT2D eigenvalue weighted by molar-refractivity contribution is -0.102. The molecule has 0 atom stereocenters. The van der Waals surface area contributed by atoms with E-state index in [9.17, 15) is 9.18 Å². The molecule has 1 aromatic rings. The van der Waals surface area contributed by atoms with Crippen molar-refractivity contribution in [2.45, 2.75) is 6.54 Å². The Morgan fingerprint density at radius 1 is 1.50 bits per heavy atom. The zero-order valence-corrected chi connectivity index (χ0v) is 6.40. The fraction of sp³-hybridized carbons (Fsp3) is 0.111. The monoisotopic (exact) mass is 165 g/mol. The number of aliphatic imine (C=N–C) groups is 1. The Bertz CT molecular complexity index is 296. The van der Waals surface area contributed by atoms with E-state index in [1.165, 1.54) is 12.1 Å². The normalized spacial score (nSPS) is 10.4. The summed E-state index contributed by atoms with van der Waals surface area (Å²) >= 11 is 0. The van der Waals surface area contributed by atoms with E-state index in [0.29, 0.717) is 12.8 Å². The van der Waals surface area contributed by atoms with E-state index in [4.69, 9.17) is 0 Å². The van der Waals surface area contributed by atoms with Crippen LogP contribution in [-0.2, 0) is 11.3 Å². The Kier molecular flexibility index (Phi) is 3.14. The Hall–Kier alpha value is -1.51. The molecule has 0 N–H and O–H groups in total. The third kappa shape index (κ3) is 2.62. The van der Waals surface area contributed by atoms with Crippen molar-refractivity contribution in [1.29, 1.82) is 0 Å². The van der Waals surface area contributed by atoms with E-state index >= 15 is 0 Å². The molecule has 0 unspecified atom stereocenters. The van der Waals surface area contributed by atoms with Gasteiger partial charge >= 0.3 is 0 Å². The number of hydrogen-bond donors (Lipinski definition) is 0. The summed E-state index contributed by atoms with van der Waals surface area (Å²) < 4.78 is 12.6. The smallest absolute Gasteiger partial charge is 0.160 e. The predicted octanol–water partition coefficient (Wildman–Crippen LogP) is 1.60. The number of hydrogen-bond acceptors (Lipinski definition) is 2. The molecule has 0 saturated carbocycles. The molecule has 12 heavy (non-hydrogen) atoms. The quantitative estimate of drug-likeness (QED) is 0.494. The van der Waals surface area contributed by atoms with Gasteiger partial charge in [0.1, 0.15) is 5.82 Å². The molecule has 62 valence electrons. The molecular weight excluding hydrogens is 157 g/mol. The van der Waals surface area contributed by atoms with Crippen molar-refractivity contribution in [2.75, 3.05) is 0 Å². The first-order chi connectivity index (χ1) is 5.83. The molecule has 0 fully saturated rings. The number of carbonyl (C=O) groups excluding carboxylic acids is 1. The standard InChI is InChI=1S/C9H8FNO/c10-9-3-1-2-8(6-9)7-11-4-5-12/h1-6H,7H2. The molecule has 2 nitrogen and oxygen atoms in total. The second kappa shape index (κ2) is 4.38. The Morgan fingerprint density at radius 2 is 2.33 bits per heavy atom. The van der Waals surface area contributed by atoms with Gasteiger partial charge in [-0.15, -0.1) is 0 Å². The second-order valence-corrected chi connectivity index (χ2v) is 2.26. The van der Waals surface area contributed by atoms with Crippen LogP contribution in [0.15, 0.2) is 29.3 Å². The van der Waals surface area contributed by atoms with Crippen LogP contribution in [0.5, 0.6) is 0 Å². The first kappa shape index (κ1) is 8.59. The van der Waals surface area contributed by atoms with Crippen molar-refractivity contribution in [2.24, 2.45) is 4.99 Å². The SMILES string of the molecule is O=CC=NCc1cccc(F)c1. The van der Waals surface area contributed by atoms with E-state index < -0.39 is 0 Å². The predicted molar refractivity (Wildman–Crippen MR) is 44.7 cm³/mol. The summed E-state index contributed by atoms with van der Waals surface area (Å²) in [6.45, 7) is 0.344. The third-order valence-electron chi connectivity index (χ3n) is 1.33. The fourth-order valence-corrected chi connectivity index (χ4v) is 0.836. The molecule has 0 aliphatic rings. The second-order valence-electron chi connectivity index (χ2n) is 2.26. The number of aldehydes is 1. The largest absolute Gasteiger partial charge is 0.297 e. The van der Waals surface area contributed by atoms with Gasteiger partial charge in [-0.2, -0.15) is 0 Å². The van der Waals surface area contributed by atoms with Gasteiger partial charge in [-0.1, -0.05) is 12.1 Å². The van der Waals surface area contributed by atoms with Crippen molar-refractivity contribution in [3.63, 3.8) is 0 Å². The van der Waals surface area contributed by atoms with Crippen LogP contribution in [-0.4, -0.2) is 12.5 Å². The van der Waals surface area contributed by atoms with Crippen molar-refractivity contribution in [1.82, 2.24) is 0 Å². The zero-order valence-electron chi connectivity index (χ0n) is 6.40. The fourth-order valence-electron chi connectivity index (χ4n) is 0.836. The molecule has 3 heteroatoms. The maximum absolute atomic E-state index is 12.6. The molecule has 0 heterocycles. The van der Waals surface area contributed by atoms with Crippen LogP contribution < -0.4 is 0 Å². The minimum atomic E-state index is -0.284. The Labute approximate surface area is 69.7 Å². The van der Waals surface area contributed by atoms with E-state index in [2.05, 4.69) is 4.99 Å². The lowest BCUT2D eigenvalue weighted by Crippen LogP contribution is -1.84. The van der Waals surface area contributed by atoms with Crippen LogP contribution in [0.4, 0.5) is 4.39 Å². The molecule has 0 saturated heterocycles. The molecule has 0 aliphatic heterocycles. The van der Waals surface area contributed by atoms with Crippen molar-refractivity contribution in [3.05, 3.63) is 35.6 Å². The molecule has 1 rings (SSSR count). The molecule has 0 radical (unpaired) electrons. The van der Waals surface area contributed by atoms with Gasteiger partial charge in [0.2, 0.25) is 0 Å². The van der Waals surface area contributed by atoms with Crippen LogP contribution >= 0.6 is 0 Å². The highest BCUT2D eigenvalue weighted by Gasteiger charge is 1.91. The highest BCUT2D eigenvalue weighted by molar-refractivity contribution is 6.12. The number of carbonyl (C=O) groups is 1. The maximum atomic E-state index is 12.6. The molecule has 0 bridgehead atoms. The number of halogens is 1. The lowest BCUT2D eigenvalue weighted by atomic mass is 10.2. The van der Waals surface area contributed by atoms with Gasteiger partial charge in [0.25, 0.3) is 0 Å². The molecule has 0 spiro atoms. The molecule has 1 aromatic carbocycles. The number of benzene rings is 1. The Morgan fingerprint density at radius 3 is 3.00 bits per heavy atom. The van der Waals surface area contributed by atoms with E-state index in [1.807, 2.05) is 0 Å². The van der Waals surface area contributed by atoms with Gasteiger partial charge in [0.15, 0.2) is 6.29 Å². The summed E-state index contributed by atoms with van der Waals surface area (Å²) in [6, 6.07) is 6.13. The minimum absolute atomic E-state index is 0.284. The van der Waals surface area contributed by atoms with E-state index in [1.54, 1.807) is 12.1 Å². The van der Waals surface area contributed by atoms with Crippen molar-refractivity contribution >= 4 is 12.5 Å². The summed E-state index contributed by atoms with van der Waals surface area (Å²) in [4.78, 5) is 13.6. The van der Waals surface area contributed by atoms with Crippen LogP contribution in [0.2, 0.25) is 0 Å². The van der Waals surface area contributed by atoms with Crippen molar-refractivity contribution < 1.29 is 9.18 Å². The van der Waals surface area contributed by atoms with E-state index in [0.717, 1.165) is 11.8 Å². The van der Waals surface area contributed by atoms with E-state index in [-0.39, 0.29) is 5.82 Å². The molecule has 0 aliphatic carbocycles. The molecular formula is C9H8FNO. The van der Waals surface area contributed by atoms with Gasteiger partial charge in [-0.25, -0.2) is 4.39 Å². The number of rotatable bonds is 3. The highest BCUT2D eigenvalue weighted by Crippen LogP contribution is 2.03. The summed E-state index contributed by atoms with van der Waals surface area (Å²) in [7, 11) is 0. The van der Waals surface area contributed by atoms with Gasteiger partial charge in [0.05, 0.1) is 12.8 Å². The molecule has 0 aromatic heterocycles. The first-order valence-corrected chi connectivity index (χ1v) is 3.51. The first-order valence-electron chi connectivity index (χ1n) is 3.51. The van der Waals surface area contributed by atoms with Crippen molar-refractivity contribution in [3.8, 4) is 0 Å². The summed E-state index contributed by atoms with van der Waals surface area (Å²) in [6.07, 6.45) is 1.75. The highest BCUT2D eigenvalue weighted by atomic mass is 19.1. The van der Waals surface area contributed by atoms with Crippen LogP contribution in [0.1, 0.15) is 5.56 Å². The zero-order chi connectivity index (χ0) is 8.81. The summed E-state index contributed by atoms with van der Waals surface area (Å²) in [5.41, 5.74) is 0.758. The van der Waals surface area contributed by atoms with Gasteiger partial charge < -0.3 is 0 Å². The van der Waals surface area contributed by atoms with Crippen LogP contribution in [0, 0.1) is 5.82 Å². The summed E-state index contributed by atoms with van der Waals surface area (Å²) in [5.74, 6) is -0.284. The van der Waals surface area contributed by atoms with Crippen LogP contribution in [0.3, 0.4) is 0 Å². The number of nitrogens with zero attached hydrogens (tertiary/aromatic N) is 1. The van der Waals surface area contributed by atoms with Gasteiger partial charge in [-0.3, -0.25) is 9.79 Å². The van der Waals surface area contributed by atoms with Gasteiger partial charge in [0, 0.05) is 0 Å². The average molecular weight is 165 g/mol. The van der Waals surface area contributed by atoms with Gasteiger partial charge in [-0.05, 0) is 17.7 Å². The average Bonchev–Trinajstić information content (AvgIpc) is 2.05. The minimum Gasteiger partial charge on any atom is -0.297 e.